The molecule has 0 aliphatic heterocycles. The highest BCUT2D eigenvalue weighted by Crippen LogP contribution is 2.39. The molecule has 1 aliphatic rings. The third-order valence-corrected chi connectivity index (χ3v) is 7.98. The van der Waals surface area contributed by atoms with Crippen molar-refractivity contribution in [3.63, 3.8) is 0 Å². The van der Waals surface area contributed by atoms with Gasteiger partial charge in [-0.05, 0) is 105 Å². The topological polar surface area (TPSA) is 3.24 Å². The monoisotopic (exact) mass is 551 g/mol. The van der Waals surface area contributed by atoms with E-state index in [9.17, 15) is 0 Å². The van der Waals surface area contributed by atoms with Gasteiger partial charge in [0.1, 0.15) is 0 Å². The predicted molar refractivity (Wildman–Crippen MR) is 168 cm³/mol. The molecular formula is C36H26BrN. The van der Waals surface area contributed by atoms with E-state index in [2.05, 4.69) is 154 Å². The van der Waals surface area contributed by atoms with Crippen molar-refractivity contribution in [1.29, 1.82) is 0 Å². The summed E-state index contributed by atoms with van der Waals surface area (Å²) in [6.45, 7) is 0. The normalized spacial score (nSPS) is 13.2. The third kappa shape index (κ3) is 4.21. The van der Waals surface area contributed by atoms with Crippen LogP contribution in [0.5, 0.6) is 0 Å². The molecule has 6 aromatic carbocycles. The third-order valence-electron chi connectivity index (χ3n) is 7.48. The minimum atomic E-state index is 1.10. The molecule has 0 heterocycles. The zero-order chi connectivity index (χ0) is 25.5. The van der Waals surface area contributed by atoms with Crippen molar-refractivity contribution in [2.24, 2.45) is 0 Å². The minimum absolute atomic E-state index is 1.10. The van der Waals surface area contributed by atoms with Crippen LogP contribution in [0.2, 0.25) is 0 Å². The lowest BCUT2D eigenvalue weighted by molar-refractivity contribution is 1.04. The highest BCUT2D eigenvalue weighted by Gasteiger charge is 2.15. The Bertz CT molecular complexity index is 1880. The molecule has 38 heavy (non-hydrogen) atoms. The summed E-state index contributed by atoms with van der Waals surface area (Å²) < 4.78 is 1.10. The fourth-order valence-corrected chi connectivity index (χ4v) is 5.94. The maximum atomic E-state index is 3.61. The summed E-state index contributed by atoms with van der Waals surface area (Å²) in [5.74, 6) is 0. The number of anilines is 3. The SMILES string of the molecule is Brc1ccc2c(ccc3cc(N(c4ccc(C5=CCCC=C5)cc4)c4ccc5ccccc5c4)ccc32)c1. The van der Waals surface area contributed by atoms with Crippen LogP contribution in [0.25, 0.3) is 37.9 Å². The molecule has 0 bridgehead atoms. The molecule has 7 rings (SSSR count). The molecule has 182 valence electrons. The van der Waals surface area contributed by atoms with E-state index in [1.165, 1.54) is 43.5 Å². The number of halogens is 1. The number of hydrogen-bond donors (Lipinski definition) is 0. The zero-order valence-electron chi connectivity index (χ0n) is 20.9. The van der Waals surface area contributed by atoms with Gasteiger partial charge in [0.15, 0.2) is 0 Å². The first kappa shape index (κ1) is 23.0. The Morgan fingerprint density at radius 3 is 1.92 bits per heavy atom. The van der Waals surface area contributed by atoms with Crippen LogP contribution in [0.15, 0.2) is 138 Å². The molecule has 0 amide bonds. The Morgan fingerprint density at radius 2 is 1.16 bits per heavy atom. The predicted octanol–water partition coefficient (Wildman–Crippen LogP) is 11.1. The summed E-state index contributed by atoms with van der Waals surface area (Å²) >= 11 is 3.61. The van der Waals surface area contributed by atoms with Crippen molar-refractivity contribution in [3.8, 4) is 0 Å². The van der Waals surface area contributed by atoms with Gasteiger partial charge in [0.2, 0.25) is 0 Å². The van der Waals surface area contributed by atoms with E-state index in [1.54, 1.807) is 0 Å². The average Bonchev–Trinajstić information content (AvgIpc) is 2.98. The fourth-order valence-electron chi connectivity index (χ4n) is 5.56. The second-order valence-corrected chi connectivity index (χ2v) is 10.8. The highest BCUT2D eigenvalue weighted by molar-refractivity contribution is 9.10. The lowest BCUT2D eigenvalue weighted by atomic mass is 9.99. The summed E-state index contributed by atoms with van der Waals surface area (Å²) in [6, 6.07) is 42.1. The van der Waals surface area contributed by atoms with E-state index >= 15 is 0 Å². The summed E-state index contributed by atoms with van der Waals surface area (Å²) in [4.78, 5) is 2.37. The number of benzene rings is 6. The summed E-state index contributed by atoms with van der Waals surface area (Å²) in [5, 5.41) is 7.50. The average molecular weight is 553 g/mol. The second-order valence-electron chi connectivity index (χ2n) is 9.89. The summed E-state index contributed by atoms with van der Waals surface area (Å²) in [6.07, 6.45) is 9.08. The van der Waals surface area contributed by atoms with Crippen LogP contribution in [-0.4, -0.2) is 0 Å². The van der Waals surface area contributed by atoms with Gasteiger partial charge in [-0.3, -0.25) is 0 Å². The molecule has 1 aliphatic carbocycles. The van der Waals surface area contributed by atoms with Gasteiger partial charge in [0, 0.05) is 21.5 Å². The van der Waals surface area contributed by atoms with Crippen LogP contribution in [0.4, 0.5) is 17.1 Å². The Hall–Kier alpha value is -4.14. The molecular weight excluding hydrogens is 526 g/mol. The van der Waals surface area contributed by atoms with Gasteiger partial charge in [-0.15, -0.1) is 0 Å². The molecule has 0 aromatic heterocycles. The van der Waals surface area contributed by atoms with E-state index in [4.69, 9.17) is 0 Å². The Labute approximate surface area is 231 Å². The molecule has 0 radical (unpaired) electrons. The first-order chi connectivity index (χ1) is 18.7. The van der Waals surface area contributed by atoms with Crippen LogP contribution in [0.1, 0.15) is 18.4 Å². The van der Waals surface area contributed by atoms with Crippen molar-refractivity contribution >= 4 is 70.9 Å². The van der Waals surface area contributed by atoms with Gasteiger partial charge in [-0.2, -0.15) is 0 Å². The van der Waals surface area contributed by atoms with Gasteiger partial charge in [-0.1, -0.05) is 101 Å². The molecule has 0 spiro atoms. The van der Waals surface area contributed by atoms with E-state index < -0.39 is 0 Å². The Balaban J connectivity index is 1.38. The number of allylic oxidation sites excluding steroid dienone is 4. The van der Waals surface area contributed by atoms with Crippen LogP contribution >= 0.6 is 15.9 Å². The van der Waals surface area contributed by atoms with Crippen LogP contribution in [0.3, 0.4) is 0 Å². The second kappa shape index (κ2) is 9.63. The molecule has 0 fully saturated rings. The number of rotatable bonds is 4. The first-order valence-corrected chi connectivity index (χ1v) is 13.9. The minimum Gasteiger partial charge on any atom is -0.310 e. The summed E-state index contributed by atoms with van der Waals surface area (Å²) in [7, 11) is 0. The number of hydrogen-bond acceptors (Lipinski definition) is 1. The first-order valence-electron chi connectivity index (χ1n) is 13.1. The lowest BCUT2D eigenvalue weighted by Gasteiger charge is -2.26. The van der Waals surface area contributed by atoms with Gasteiger partial charge >= 0.3 is 0 Å². The van der Waals surface area contributed by atoms with Gasteiger partial charge in [-0.25, -0.2) is 0 Å². The smallest absolute Gasteiger partial charge is 0.0468 e. The number of fused-ring (bicyclic) bond motifs is 4. The maximum absolute atomic E-state index is 3.61. The van der Waals surface area contributed by atoms with Gasteiger partial charge in [0.25, 0.3) is 0 Å². The lowest BCUT2D eigenvalue weighted by Crippen LogP contribution is -2.10. The van der Waals surface area contributed by atoms with E-state index in [0.717, 1.165) is 34.4 Å². The standard InChI is InChI=1S/C36H26BrN/c37-31-15-20-35-29(22-31)10-11-30-24-34(19-21-36(30)35)38(33-18-14-26-8-4-5-9-28(26)23-33)32-16-12-27(13-17-32)25-6-2-1-3-7-25/h2,4-24H,1,3H2. The van der Waals surface area contributed by atoms with Gasteiger partial charge in [0.05, 0.1) is 0 Å². The molecule has 0 saturated carbocycles. The molecule has 0 atom stereocenters. The molecule has 0 saturated heterocycles. The van der Waals surface area contributed by atoms with Gasteiger partial charge < -0.3 is 4.90 Å². The highest BCUT2D eigenvalue weighted by atomic mass is 79.9. The van der Waals surface area contributed by atoms with Crippen LogP contribution in [0, 0.1) is 0 Å². The van der Waals surface area contributed by atoms with Crippen LogP contribution in [-0.2, 0) is 0 Å². The van der Waals surface area contributed by atoms with Crippen molar-refractivity contribution in [1.82, 2.24) is 0 Å². The van der Waals surface area contributed by atoms with E-state index in [-0.39, 0.29) is 0 Å². The van der Waals surface area contributed by atoms with Crippen LogP contribution < -0.4 is 4.90 Å². The van der Waals surface area contributed by atoms with Crippen molar-refractivity contribution in [2.75, 3.05) is 4.90 Å². The van der Waals surface area contributed by atoms with Crippen molar-refractivity contribution in [2.45, 2.75) is 12.8 Å². The zero-order valence-corrected chi connectivity index (χ0v) is 22.5. The Morgan fingerprint density at radius 1 is 0.526 bits per heavy atom. The molecule has 0 N–H and O–H groups in total. The number of nitrogens with zero attached hydrogens (tertiary/aromatic N) is 1. The van der Waals surface area contributed by atoms with E-state index in [1.807, 2.05) is 0 Å². The van der Waals surface area contributed by atoms with E-state index in [0.29, 0.717) is 0 Å². The molecule has 6 aromatic rings. The summed E-state index contributed by atoms with van der Waals surface area (Å²) in [5.41, 5.74) is 6.02. The fraction of sp³-hybridized carbons (Fsp3) is 0.0556. The Kier molecular flexibility index (Phi) is 5.83. The van der Waals surface area contributed by atoms with Crippen molar-refractivity contribution < 1.29 is 0 Å². The maximum Gasteiger partial charge on any atom is 0.0468 e. The molecule has 1 nitrogen and oxygen atoms in total. The van der Waals surface area contributed by atoms with Crippen molar-refractivity contribution in [3.05, 3.63) is 144 Å². The molecule has 0 unspecified atom stereocenters. The molecule has 2 heteroatoms. The largest absolute Gasteiger partial charge is 0.310 e. The quantitative estimate of drug-likeness (QED) is 0.197.